The predicted molar refractivity (Wildman–Crippen MR) is 84.3 cm³/mol. The Labute approximate surface area is 141 Å². The number of rotatable bonds is 4. The van der Waals surface area contributed by atoms with Crippen LogP contribution in [0.25, 0.3) is 0 Å². The van der Waals surface area contributed by atoms with E-state index in [0.717, 1.165) is 0 Å². The first-order chi connectivity index (χ1) is 11.0. The molecule has 23 heavy (non-hydrogen) atoms. The minimum Gasteiger partial charge on any atom is -0.451 e. The van der Waals surface area contributed by atoms with Gasteiger partial charge in [0.15, 0.2) is 6.61 Å². The number of aromatic nitrogens is 1. The van der Waals surface area contributed by atoms with Gasteiger partial charge in [-0.2, -0.15) is 5.26 Å². The third-order valence-electron chi connectivity index (χ3n) is 2.64. The maximum atomic E-state index is 11.7. The van der Waals surface area contributed by atoms with Crippen LogP contribution in [0.2, 0.25) is 10.0 Å². The van der Waals surface area contributed by atoms with E-state index in [1.807, 2.05) is 6.07 Å². The van der Waals surface area contributed by atoms with Crippen molar-refractivity contribution in [2.45, 2.75) is 0 Å². The highest BCUT2D eigenvalue weighted by molar-refractivity contribution is 6.32. The van der Waals surface area contributed by atoms with E-state index in [4.69, 9.17) is 33.2 Å². The van der Waals surface area contributed by atoms with Crippen molar-refractivity contribution in [1.29, 1.82) is 5.26 Å². The molecule has 8 heteroatoms. The topological polar surface area (TPSA) is 92.1 Å². The van der Waals surface area contributed by atoms with Crippen molar-refractivity contribution in [3.05, 3.63) is 57.8 Å². The molecule has 0 spiro atoms. The van der Waals surface area contributed by atoms with Gasteiger partial charge in [0.25, 0.3) is 5.91 Å². The van der Waals surface area contributed by atoms with E-state index in [9.17, 15) is 9.59 Å². The predicted octanol–water partition coefficient (Wildman–Crippen LogP) is 3.06. The maximum Gasteiger partial charge on any atom is 0.357 e. The number of benzene rings is 1. The van der Waals surface area contributed by atoms with Crippen molar-refractivity contribution in [1.82, 2.24) is 4.98 Å². The number of pyridine rings is 1. The zero-order valence-corrected chi connectivity index (χ0v) is 13.1. The second-order valence-corrected chi connectivity index (χ2v) is 5.13. The largest absolute Gasteiger partial charge is 0.451 e. The number of carbonyl (C=O) groups excluding carboxylic acids is 2. The summed E-state index contributed by atoms with van der Waals surface area (Å²) in [6.45, 7) is -0.495. The molecule has 6 nitrogen and oxygen atoms in total. The molecule has 1 aromatic carbocycles. The van der Waals surface area contributed by atoms with E-state index in [-0.39, 0.29) is 10.7 Å². The Morgan fingerprint density at radius 1 is 1.26 bits per heavy atom. The Hall–Kier alpha value is -2.62. The summed E-state index contributed by atoms with van der Waals surface area (Å²) in [6.07, 6.45) is 1.36. The monoisotopic (exact) mass is 349 g/mol. The van der Waals surface area contributed by atoms with Gasteiger partial charge in [-0.1, -0.05) is 23.2 Å². The molecular weight excluding hydrogens is 341 g/mol. The van der Waals surface area contributed by atoms with E-state index in [0.29, 0.717) is 16.3 Å². The van der Waals surface area contributed by atoms with Crippen LogP contribution in [0, 0.1) is 11.3 Å². The van der Waals surface area contributed by atoms with Crippen LogP contribution in [0.3, 0.4) is 0 Å². The van der Waals surface area contributed by atoms with Crippen LogP contribution in [0.5, 0.6) is 0 Å². The molecule has 0 fully saturated rings. The Morgan fingerprint density at radius 2 is 2.04 bits per heavy atom. The Balaban J connectivity index is 1.91. The number of carbonyl (C=O) groups is 2. The average molecular weight is 350 g/mol. The number of hydrogen-bond donors (Lipinski definition) is 1. The molecule has 1 aromatic heterocycles. The Morgan fingerprint density at radius 3 is 2.70 bits per heavy atom. The van der Waals surface area contributed by atoms with Gasteiger partial charge >= 0.3 is 5.97 Å². The van der Waals surface area contributed by atoms with E-state index in [2.05, 4.69) is 10.3 Å². The van der Waals surface area contributed by atoms with Crippen LogP contribution in [0.1, 0.15) is 16.1 Å². The summed E-state index contributed by atoms with van der Waals surface area (Å²) in [7, 11) is 0. The highest BCUT2D eigenvalue weighted by Gasteiger charge is 2.12. The number of anilines is 1. The van der Waals surface area contributed by atoms with Crippen molar-refractivity contribution in [3.63, 3.8) is 0 Å². The first kappa shape index (κ1) is 16.7. The van der Waals surface area contributed by atoms with Crippen LogP contribution in [0.15, 0.2) is 36.5 Å². The SMILES string of the molecule is N#Cc1ccc(NC(=O)COC(=O)c2cc(Cl)ccn2)cc1Cl. The lowest BCUT2D eigenvalue weighted by molar-refractivity contribution is -0.119. The molecule has 0 aliphatic rings. The zero-order valence-electron chi connectivity index (χ0n) is 11.5. The zero-order chi connectivity index (χ0) is 16.8. The van der Waals surface area contributed by atoms with Gasteiger partial charge in [-0.15, -0.1) is 0 Å². The molecule has 0 unspecified atom stereocenters. The van der Waals surface area contributed by atoms with Crippen LogP contribution in [-0.4, -0.2) is 23.5 Å². The number of nitrogens with zero attached hydrogens (tertiary/aromatic N) is 2. The van der Waals surface area contributed by atoms with E-state index < -0.39 is 18.5 Å². The molecule has 1 amide bonds. The smallest absolute Gasteiger partial charge is 0.357 e. The van der Waals surface area contributed by atoms with Crippen LogP contribution < -0.4 is 5.32 Å². The lowest BCUT2D eigenvalue weighted by Gasteiger charge is -2.07. The highest BCUT2D eigenvalue weighted by Crippen LogP contribution is 2.20. The van der Waals surface area contributed by atoms with Gasteiger partial charge in [0.1, 0.15) is 11.8 Å². The van der Waals surface area contributed by atoms with Gasteiger partial charge in [0, 0.05) is 16.9 Å². The molecule has 116 valence electrons. The van der Waals surface area contributed by atoms with Crippen molar-refractivity contribution < 1.29 is 14.3 Å². The summed E-state index contributed by atoms with van der Waals surface area (Å²) in [5, 5.41) is 11.8. The fourth-order valence-electron chi connectivity index (χ4n) is 1.60. The number of halogens is 2. The third-order valence-corrected chi connectivity index (χ3v) is 3.19. The van der Waals surface area contributed by atoms with Gasteiger partial charge in [-0.3, -0.25) is 4.79 Å². The summed E-state index contributed by atoms with van der Waals surface area (Å²) in [5.74, 6) is -1.32. The number of nitrogens with one attached hydrogen (secondary N) is 1. The second kappa shape index (κ2) is 7.58. The van der Waals surface area contributed by atoms with E-state index in [1.165, 1.54) is 36.5 Å². The summed E-state index contributed by atoms with van der Waals surface area (Å²) in [4.78, 5) is 27.2. The van der Waals surface area contributed by atoms with Crippen molar-refractivity contribution in [2.75, 3.05) is 11.9 Å². The minimum absolute atomic E-state index is 0.00622. The molecule has 0 atom stereocenters. The molecule has 0 aliphatic carbocycles. The van der Waals surface area contributed by atoms with Gasteiger partial charge in [-0.05, 0) is 30.3 Å². The first-order valence-electron chi connectivity index (χ1n) is 6.28. The third kappa shape index (κ3) is 4.68. The molecule has 1 heterocycles. The minimum atomic E-state index is -0.763. The second-order valence-electron chi connectivity index (χ2n) is 4.29. The highest BCUT2D eigenvalue weighted by atomic mass is 35.5. The van der Waals surface area contributed by atoms with Gasteiger partial charge in [0.2, 0.25) is 0 Å². The lowest BCUT2D eigenvalue weighted by Crippen LogP contribution is -2.21. The normalized spacial score (nSPS) is 9.78. The number of ether oxygens (including phenoxy) is 1. The van der Waals surface area contributed by atoms with Gasteiger partial charge in [-0.25, -0.2) is 9.78 Å². The number of nitriles is 1. The molecule has 2 rings (SSSR count). The van der Waals surface area contributed by atoms with Crippen LogP contribution >= 0.6 is 23.2 Å². The van der Waals surface area contributed by atoms with E-state index in [1.54, 1.807) is 0 Å². The molecule has 0 aliphatic heterocycles. The first-order valence-corrected chi connectivity index (χ1v) is 7.03. The van der Waals surface area contributed by atoms with Gasteiger partial charge in [0.05, 0.1) is 10.6 Å². The van der Waals surface area contributed by atoms with Crippen molar-refractivity contribution in [3.8, 4) is 6.07 Å². The van der Waals surface area contributed by atoms with Crippen molar-refractivity contribution in [2.24, 2.45) is 0 Å². The number of amides is 1. The summed E-state index contributed by atoms with van der Waals surface area (Å²) in [6, 6.07) is 9.17. The average Bonchev–Trinajstić information content (AvgIpc) is 2.53. The maximum absolute atomic E-state index is 11.7. The number of hydrogen-bond acceptors (Lipinski definition) is 5. The summed E-state index contributed by atoms with van der Waals surface area (Å²) < 4.78 is 4.83. The fourth-order valence-corrected chi connectivity index (χ4v) is 1.98. The quantitative estimate of drug-likeness (QED) is 0.856. The molecule has 0 bridgehead atoms. The summed E-state index contributed by atoms with van der Waals surface area (Å²) >= 11 is 11.6. The van der Waals surface area contributed by atoms with E-state index >= 15 is 0 Å². The molecule has 0 saturated carbocycles. The fraction of sp³-hybridized carbons (Fsp3) is 0.0667. The number of esters is 1. The van der Waals surface area contributed by atoms with Crippen LogP contribution in [0.4, 0.5) is 5.69 Å². The summed E-state index contributed by atoms with van der Waals surface area (Å²) in [5.41, 5.74) is 0.686. The molecular formula is C15H9Cl2N3O3. The Bertz CT molecular complexity index is 803. The van der Waals surface area contributed by atoms with Gasteiger partial charge < -0.3 is 10.1 Å². The molecule has 0 radical (unpaired) electrons. The molecule has 0 saturated heterocycles. The lowest BCUT2D eigenvalue weighted by atomic mass is 10.2. The molecule has 1 N–H and O–H groups in total. The standard InChI is InChI=1S/C15H9Cl2N3O3/c16-10-3-4-19-13(5-10)15(22)23-8-14(21)20-11-2-1-9(7-18)12(17)6-11/h1-6H,8H2,(H,20,21). The molecule has 2 aromatic rings. The van der Waals surface area contributed by atoms with Crippen LogP contribution in [-0.2, 0) is 9.53 Å². The Kier molecular flexibility index (Phi) is 5.52. The van der Waals surface area contributed by atoms with Crippen molar-refractivity contribution >= 4 is 40.8 Å².